The van der Waals surface area contributed by atoms with E-state index in [-0.39, 0.29) is 0 Å². The number of carboxylic acids is 1. The lowest BCUT2D eigenvalue weighted by Crippen LogP contribution is -2.40. The van der Waals surface area contributed by atoms with Gasteiger partial charge >= 0.3 is 5.97 Å². The summed E-state index contributed by atoms with van der Waals surface area (Å²) in [5.41, 5.74) is 1.51. The fraction of sp³-hybridized carbons (Fsp3) is 0.333. The number of aliphatic carboxylic acids is 1. The minimum atomic E-state index is -1.02. The highest BCUT2D eigenvalue weighted by Gasteiger charge is 2.27. The number of carboxylic acid groups (broad SMARTS) is 1. The van der Waals surface area contributed by atoms with Gasteiger partial charge in [-0.3, -0.25) is 4.98 Å². The predicted molar refractivity (Wildman–Crippen MR) is 66.1 cm³/mol. The van der Waals surface area contributed by atoms with Crippen LogP contribution in [0, 0.1) is 0 Å². The molecule has 0 spiro atoms. The summed E-state index contributed by atoms with van der Waals surface area (Å²) in [7, 11) is 1.91. The van der Waals surface area contributed by atoms with Crippen LogP contribution >= 0.6 is 0 Å². The second kappa shape index (κ2) is 3.76. The zero-order chi connectivity index (χ0) is 12.6. The molecule has 0 atom stereocenters. The molecule has 0 fully saturated rings. The third kappa shape index (κ3) is 1.95. The number of nitrogens with one attached hydrogen (secondary N) is 1. The van der Waals surface area contributed by atoms with E-state index >= 15 is 0 Å². The standard InChI is InChI=1S/C12H15N3O2/c1-12(2,11(16)17)14-9-4-6-13-8-5-7-15(3)10(8)9/h4-7H,1-3H3,(H,13,14)(H,16,17). The summed E-state index contributed by atoms with van der Waals surface area (Å²) in [6.45, 7) is 3.26. The highest BCUT2D eigenvalue weighted by molar-refractivity contribution is 5.91. The number of aryl methyl sites for hydroxylation is 1. The van der Waals surface area contributed by atoms with Crippen molar-refractivity contribution in [2.24, 2.45) is 7.05 Å². The predicted octanol–water partition coefficient (Wildman–Crippen LogP) is 1.85. The van der Waals surface area contributed by atoms with Gasteiger partial charge in [-0.25, -0.2) is 4.79 Å². The maximum atomic E-state index is 11.1. The SMILES string of the molecule is Cn1ccc2nccc(NC(C)(C)C(=O)O)c21. The fourth-order valence-corrected chi connectivity index (χ4v) is 1.71. The first-order valence-corrected chi connectivity index (χ1v) is 5.33. The summed E-state index contributed by atoms with van der Waals surface area (Å²) in [6, 6.07) is 3.68. The van der Waals surface area contributed by atoms with Gasteiger partial charge in [0.15, 0.2) is 0 Å². The second-order valence-corrected chi connectivity index (χ2v) is 4.57. The van der Waals surface area contributed by atoms with Crippen molar-refractivity contribution in [3.63, 3.8) is 0 Å². The first-order chi connectivity index (χ1) is 7.92. The summed E-state index contributed by atoms with van der Waals surface area (Å²) < 4.78 is 1.92. The van der Waals surface area contributed by atoms with Crippen LogP contribution < -0.4 is 5.32 Å². The molecule has 90 valence electrons. The lowest BCUT2D eigenvalue weighted by atomic mass is 10.1. The number of pyridine rings is 1. The van der Waals surface area contributed by atoms with E-state index in [1.54, 1.807) is 26.1 Å². The number of hydrogen-bond acceptors (Lipinski definition) is 3. The number of anilines is 1. The Bertz CT molecular complexity index is 572. The number of fused-ring (bicyclic) bond motifs is 1. The van der Waals surface area contributed by atoms with Gasteiger partial charge in [0.25, 0.3) is 0 Å². The Morgan fingerprint density at radius 1 is 1.47 bits per heavy atom. The normalized spacial score (nSPS) is 11.7. The number of nitrogens with zero attached hydrogens (tertiary/aromatic N) is 2. The molecule has 5 heteroatoms. The molecule has 5 nitrogen and oxygen atoms in total. The second-order valence-electron chi connectivity index (χ2n) is 4.57. The van der Waals surface area contributed by atoms with Crippen LogP contribution in [0.2, 0.25) is 0 Å². The van der Waals surface area contributed by atoms with E-state index in [2.05, 4.69) is 10.3 Å². The third-order valence-corrected chi connectivity index (χ3v) is 2.74. The van der Waals surface area contributed by atoms with Crippen LogP contribution in [0.4, 0.5) is 5.69 Å². The monoisotopic (exact) mass is 233 g/mol. The molecule has 0 unspecified atom stereocenters. The summed E-state index contributed by atoms with van der Waals surface area (Å²) in [4.78, 5) is 15.3. The quantitative estimate of drug-likeness (QED) is 0.849. The van der Waals surface area contributed by atoms with Crippen LogP contribution in [0.5, 0.6) is 0 Å². The van der Waals surface area contributed by atoms with E-state index in [9.17, 15) is 4.79 Å². The smallest absolute Gasteiger partial charge is 0.328 e. The molecular weight excluding hydrogens is 218 g/mol. The van der Waals surface area contributed by atoms with Crippen LogP contribution in [-0.2, 0) is 11.8 Å². The molecule has 2 aromatic rings. The summed E-state index contributed by atoms with van der Waals surface area (Å²) in [5, 5.41) is 12.1. The average molecular weight is 233 g/mol. The number of aromatic nitrogens is 2. The topological polar surface area (TPSA) is 67.2 Å². The molecule has 0 aromatic carbocycles. The first kappa shape index (κ1) is 11.4. The number of carbonyl (C=O) groups is 1. The molecule has 0 aliphatic heterocycles. The van der Waals surface area contributed by atoms with Crippen molar-refractivity contribution in [3.8, 4) is 0 Å². The molecular formula is C12H15N3O2. The Morgan fingerprint density at radius 3 is 2.82 bits per heavy atom. The van der Waals surface area contributed by atoms with Gasteiger partial charge in [0.2, 0.25) is 0 Å². The molecule has 17 heavy (non-hydrogen) atoms. The highest BCUT2D eigenvalue weighted by Crippen LogP contribution is 2.24. The molecule has 0 radical (unpaired) electrons. The number of rotatable bonds is 3. The van der Waals surface area contributed by atoms with Crippen molar-refractivity contribution in [3.05, 3.63) is 24.5 Å². The summed E-state index contributed by atoms with van der Waals surface area (Å²) in [6.07, 6.45) is 3.57. The van der Waals surface area contributed by atoms with E-state index in [4.69, 9.17) is 5.11 Å². The summed E-state index contributed by atoms with van der Waals surface area (Å²) in [5.74, 6) is -0.892. The molecule has 2 aromatic heterocycles. The van der Waals surface area contributed by atoms with Gasteiger partial charge in [-0.2, -0.15) is 0 Å². The molecule has 2 rings (SSSR count). The Kier molecular flexibility index (Phi) is 2.53. The van der Waals surface area contributed by atoms with Crippen molar-refractivity contribution in [2.75, 3.05) is 5.32 Å². The van der Waals surface area contributed by atoms with E-state index < -0.39 is 11.5 Å². The zero-order valence-corrected chi connectivity index (χ0v) is 10.1. The van der Waals surface area contributed by atoms with Crippen molar-refractivity contribution in [2.45, 2.75) is 19.4 Å². The Morgan fingerprint density at radius 2 is 2.18 bits per heavy atom. The molecule has 2 N–H and O–H groups in total. The van der Waals surface area contributed by atoms with E-state index in [1.165, 1.54) is 0 Å². The van der Waals surface area contributed by atoms with Gasteiger partial charge in [-0.1, -0.05) is 0 Å². The molecule has 0 bridgehead atoms. The van der Waals surface area contributed by atoms with Gasteiger partial charge < -0.3 is 15.0 Å². The van der Waals surface area contributed by atoms with Crippen molar-refractivity contribution < 1.29 is 9.90 Å². The van der Waals surface area contributed by atoms with Crippen LogP contribution in [0.1, 0.15) is 13.8 Å². The molecule has 0 saturated heterocycles. The average Bonchev–Trinajstić information content (AvgIpc) is 2.61. The minimum absolute atomic E-state index is 0.773. The molecule has 0 aliphatic rings. The molecule has 0 aliphatic carbocycles. The van der Waals surface area contributed by atoms with Crippen molar-refractivity contribution >= 4 is 22.7 Å². The molecule has 0 saturated carbocycles. The van der Waals surface area contributed by atoms with Crippen LogP contribution in [0.3, 0.4) is 0 Å². The van der Waals surface area contributed by atoms with Crippen molar-refractivity contribution in [1.29, 1.82) is 0 Å². The van der Waals surface area contributed by atoms with Crippen molar-refractivity contribution in [1.82, 2.24) is 9.55 Å². The lowest BCUT2D eigenvalue weighted by Gasteiger charge is -2.23. The Labute approximate surface area is 99.1 Å². The first-order valence-electron chi connectivity index (χ1n) is 5.33. The van der Waals surface area contributed by atoms with Gasteiger partial charge in [-0.15, -0.1) is 0 Å². The third-order valence-electron chi connectivity index (χ3n) is 2.74. The van der Waals surface area contributed by atoms with E-state index in [0.29, 0.717) is 0 Å². The lowest BCUT2D eigenvalue weighted by molar-refractivity contribution is -0.141. The van der Waals surface area contributed by atoms with Gasteiger partial charge in [0.1, 0.15) is 5.54 Å². The van der Waals surface area contributed by atoms with Gasteiger partial charge in [0, 0.05) is 19.4 Å². The Balaban J connectivity index is 2.49. The largest absolute Gasteiger partial charge is 0.480 e. The van der Waals surface area contributed by atoms with Gasteiger partial charge in [-0.05, 0) is 26.0 Å². The fourth-order valence-electron chi connectivity index (χ4n) is 1.71. The van der Waals surface area contributed by atoms with E-state index in [1.807, 2.05) is 23.9 Å². The minimum Gasteiger partial charge on any atom is -0.480 e. The maximum Gasteiger partial charge on any atom is 0.328 e. The van der Waals surface area contributed by atoms with Crippen LogP contribution in [-0.4, -0.2) is 26.2 Å². The zero-order valence-electron chi connectivity index (χ0n) is 10.1. The molecule has 0 amide bonds. The highest BCUT2D eigenvalue weighted by atomic mass is 16.4. The molecule has 2 heterocycles. The Hall–Kier alpha value is -2.04. The number of hydrogen-bond donors (Lipinski definition) is 2. The van der Waals surface area contributed by atoms with Crippen LogP contribution in [0.25, 0.3) is 11.0 Å². The summed E-state index contributed by atoms with van der Waals surface area (Å²) >= 11 is 0. The van der Waals surface area contributed by atoms with Crippen LogP contribution in [0.15, 0.2) is 24.5 Å². The van der Waals surface area contributed by atoms with Gasteiger partial charge in [0.05, 0.1) is 16.7 Å². The maximum absolute atomic E-state index is 11.1. The van der Waals surface area contributed by atoms with E-state index in [0.717, 1.165) is 16.7 Å².